The maximum atomic E-state index is 15.0. The van der Waals surface area contributed by atoms with Gasteiger partial charge in [0.15, 0.2) is 0 Å². The van der Waals surface area contributed by atoms with Gasteiger partial charge in [-0.15, -0.1) is 18.3 Å². The first-order valence-electron chi connectivity index (χ1n) is 18.2. The fourth-order valence-electron chi connectivity index (χ4n) is 8.28. The van der Waals surface area contributed by atoms with E-state index >= 15 is 0 Å². The summed E-state index contributed by atoms with van der Waals surface area (Å²) in [4.78, 5) is 59.9. The number of halogens is 1. The second-order valence-corrected chi connectivity index (χ2v) is 15.1. The lowest BCUT2D eigenvalue weighted by molar-refractivity contribution is -0.163. The fraction of sp³-hybridized carbons (Fsp3) is 0.487. The lowest BCUT2D eigenvalue weighted by Crippen LogP contribution is -2.59. The summed E-state index contributed by atoms with van der Waals surface area (Å²) >= 11 is 3.73. The van der Waals surface area contributed by atoms with Crippen LogP contribution in [0.1, 0.15) is 44.3 Å². The molecule has 14 nitrogen and oxygen atoms in total. The van der Waals surface area contributed by atoms with E-state index in [4.69, 9.17) is 14.2 Å². The van der Waals surface area contributed by atoms with E-state index in [1.54, 1.807) is 41.1 Å². The average Bonchev–Trinajstić information content (AvgIpc) is 3.90. The molecule has 54 heavy (non-hydrogen) atoms. The normalized spacial score (nSPS) is 25.9. The van der Waals surface area contributed by atoms with E-state index in [1.165, 1.54) is 16.9 Å². The minimum Gasteiger partial charge on any atom is -0.455 e. The van der Waals surface area contributed by atoms with Crippen molar-refractivity contribution in [2.24, 2.45) is 11.8 Å². The van der Waals surface area contributed by atoms with Crippen molar-refractivity contribution in [2.75, 3.05) is 26.9 Å². The van der Waals surface area contributed by atoms with Crippen molar-refractivity contribution < 1.29 is 38.5 Å². The van der Waals surface area contributed by atoms with E-state index < -0.39 is 77.0 Å². The summed E-state index contributed by atoms with van der Waals surface area (Å²) in [7, 11) is 1.49. The SMILES string of the molecule is C=CCCC(=O)N[C@H](COC)[C@H](OC(=O)[C@@H]1[C@H]2O[C@@]3(CC2Br)[C@H](C(=O)N(CC=C)Cn2nnc4ccccc42)N([C@@H](CC)CO)C(=O)[C@@H]13)c1ccccc1. The number of methoxy groups -OCH3 is 1. The monoisotopic (exact) mass is 806 g/mol. The zero-order chi connectivity index (χ0) is 38.6. The molecular weight excluding hydrogens is 760 g/mol. The van der Waals surface area contributed by atoms with Gasteiger partial charge in [-0.1, -0.05) is 82.7 Å². The molecule has 9 atom stereocenters. The second kappa shape index (κ2) is 16.9. The van der Waals surface area contributed by atoms with Crippen LogP contribution in [0.4, 0.5) is 0 Å². The van der Waals surface area contributed by atoms with Gasteiger partial charge in [-0.05, 0) is 37.0 Å². The number of hydrogen-bond acceptors (Lipinski definition) is 10. The molecule has 2 N–H and O–H groups in total. The Morgan fingerprint density at radius 3 is 2.59 bits per heavy atom. The van der Waals surface area contributed by atoms with Crippen LogP contribution in [0.5, 0.6) is 0 Å². The number of aliphatic hydroxyl groups excluding tert-OH is 1. The number of aliphatic hydroxyl groups is 1. The minimum absolute atomic E-state index is 0.00532. The molecule has 3 amide bonds. The third kappa shape index (κ3) is 7.21. The number of nitrogens with one attached hydrogen (secondary N) is 1. The topological polar surface area (TPSA) is 165 Å². The highest BCUT2D eigenvalue weighted by Crippen LogP contribution is 2.61. The van der Waals surface area contributed by atoms with Gasteiger partial charge in [-0.25, -0.2) is 4.68 Å². The first-order valence-corrected chi connectivity index (χ1v) is 19.1. The van der Waals surface area contributed by atoms with Crippen molar-refractivity contribution in [3.05, 3.63) is 85.5 Å². The summed E-state index contributed by atoms with van der Waals surface area (Å²) in [6, 6.07) is 13.7. The zero-order valence-electron chi connectivity index (χ0n) is 30.5. The standard InChI is InChI=1S/C39H47BrN6O8/c1-5-8-18-30(48)41-28(22-52-4)33(24-14-10-9-11-15-24)53-38(51)31-32-36(49)46(25(7-3)21-47)35(39(32)20-26(40)34(31)54-39)37(50)44(19-6-2)23-45-29-17-13-12-16-27(29)42-43-45/h5-6,9-17,25-26,28,31-35,47H,1-2,7-8,18-23H2,3-4H3,(H,41,48)/t25-,26?,28+,31-,32+,33+,34-,35-,39+/m0/s1. The van der Waals surface area contributed by atoms with Crippen LogP contribution in [0.15, 0.2) is 79.9 Å². The van der Waals surface area contributed by atoms with Crippen molar-refractivity contribution in [2.45, 2.75) is 80.0 Å². The lowest BCUT2D eigenvalue weighted by atomic mass is 9.70. The number of ether oxygens (including phenoxy) is 3. The summed E-state index contributed by atoms with van der Waals surface area (Å²) in [5, 5.41) is 22.0. The minimum atomic E-state index is -1.42. The number of carbonyl (C=O) groups excluding carboxylic acids is 4. The van der Waals surface area contributed by atoms with Gasteiger partial charge in [0.1, 0.15) is 29.9 Å². The van der Waals surface area contributed by atoms with Crippen LogP contribution in [-0.2, 0) is 40.1 Å². The molecule has 6 rings (SSSR count). The molecule has 4 heterocycles. The number of amides is 3. The van der Waals surface area contributed by atoms with E-state index in [2.05, 4.69) is 44.7 Å². The molecule has 3 aliphatic rings. The zero-order valence-corrected chi connectivity index (χ0v) is 32.0. The van der Waals surface area contributed by atoms with Crippen LogP contribution in [0.3, 0.4) is 0 Å². The molecule has 0 radical (unpaired) electrons. The van der Waals surface area contributed by atoms with Crippen LogP contribution in [-0.4, -0.2) is 115 Å². The maximum Gasteiger partial charge on any atom is 0.313 e. The average molecular weight is 808 g/mol. The number of para-hydroxylation sites is 1. The molecule has 2 bridgehead atoms. The molecule has 15 heteroatoms. The molecule has 1 aromatic heterocycles. The van der Waals surface area contributed by atoms with Gasteiger partial charge in [0, 0.05) is 24.9 Å². The van der Waals surface area contributed by atoms with Crippen LogP contribution < -0.4 is 5.32 Å². The van der Waals surface area contributed by atoms with Gasteiger partial charge >= 0.3 is 5.97 Å². The van der Waals surface area contributed by atoms with Crippen LogP contribution in [0.25, 0.3) is 11.0 Å². The summed E-state index contributed by atoms with van der Waals surface area (Å²) in [5.74, 6) is -4.07. The fourth-order valence-corrected chi connectivity index (χ4v) is 9.22. The second-order valence-electron chi connectivity index (χ2n) is 13.9. The highest BCUT2D eigenvalue weighted by Gasteiger charge is 2.77. The van der Waals surface area contributed by atoms with Gasteiger partial charge in [-0.3, -0.25) is 19.2 Å². The molecule has 3 aromatic rings. The Balaban J connectivity index is 1.36. The van der Waals surface area contributed by atoms with Gasteiger partial charge in [0.2, 0.25) is 17.7 Å². The van der Waals surface area contributed by atoms with Crippen molar-refractivity contribution >= 4 is 50.7 Å². The highest BCUT2D eigenvalue weighted by molar-refractivity contribution is 9.09. The Hall–Kier alpha value is -4.44. The van der Waals surface area contributed by atoms with Crippen LogP contribution in [0, 0.1) is 11.8 Å². The number of allylic oxidation sites excluding steroid dienone is 1. The highest BCUT2D eigenvalue weighted by atomic mass is 79.9. The number of fused-ring (bicyclic) bond motifs is 2. The van der Waals surface area contributed by atoms with Crippen molar-refractivity contribution in [1.29, 1.82) is 0 Å². The van der Waals surface area contributed by atoms with Crippen LogP contribution >= 0.6 is 15.9 Å². The molecule has 1 unspecified atom stereocenters. The maximum absolute atomic E-state index is 15.0. The molecule has 0 aliphatic carbocycles. The number of carbonyl (C=O) groups is 4. The Bertz CT molecular complexity index is 1850. The summed E-state index contributed by atoms with van der Waals surface area (Å²) in [5.41, 5.74) is 0.571. The number of aromatic nitrogens is 3. The Morgan fingerprint density at radius 2 is 1.91 bits per heavy atom. The number of rotatable bonds is 18. The molecule has 3 fully saturated rings. The van der Waals surface area contributed by atoms with E-state index in [9.17, 15) is 24.3 Å². The molecule has 3 aliphatic heterocycles. The number of nitrogens with zero attached hydrogens (tertiary/aromatic N) is 5. The van der Waals surface area contributed by atoms with Crippen molar-refractivity contribution in [1.82, 2.24) is 30.1 Å². The first-order chi connectivity index (χ1) is 26.1. The lowest BCUT2D eigenvalue weighted by Gasteiger charge is -2.39. The third-order valence-electron chi connectivity index (χ3n) is 10.7. The first kappa shape index (κ1) is 39.3. The molecule has 3 saturated heterocycles. The summed E-state index contributed by atoms with van der Waals surface area (Å²) in [6.45, 7) is 9.14. The molecule has 288 valence electrons. The Labute approximate surface area is 322 Å². The van der Waals surface area contributed by atoms with Gasteiger partial charge in [0.25, 0.3) is 0 Å². The number of esters is 1. The smallest absolute Gasteiger partial charge is 0.313 e. The largest absolute Gasteiger partial charge is 0.455 e. The third-order valence-corrected chi connectivity index (χ3v) is 11.5. The predicted molar refractivity (Wildman–Crippen MR) is 202 cm³/mol. The quantitative estimate of drug-likeness (QED) is 0.111. The molecule has 2 aromatic carbocycles. The molecular formula is C39H47BrN6O8. The summed E-state index contributed by atoms with van der Waals surface area (Å²) < 4.78 is 20.2. The molecule has 1 spiro atoms. The number of alkyl halides is 1. The molecule has 0 saturated carbocycles. The van der Waals surface area contributed by atoms with E-state index in [0.717, 1.165) is 5.52 Å². The van der Waals surface area contributed by atoms with E-state index in [0.29, 0.717) is 23.9 Å². The van der Waals surface area contributed by atoms with Crippen molar-refractivity contribution in [3.8, 4) is 0 Å². The van der Waals surface area contributed by atoms with E-state index in [-0.39, 0.29) is 38.6 Å². The number of benzene rings is 2. The van der Waals surface area contributed by atoms with E-state index in [1.807, 2.05) is 37.3 Å². The summed E-state index contributed by atoms with van der Waals surface area (Å²) in [6.07, 6.45) is 2.71. The van der Waals surface area contributed by atoms with Crippen molar-refractivity contribution in [3.63, 3.8) is 0 Å². The Kier molecular flexibility index (Phi) is 12.3. The van der Waals surface area contributed by atoms with Gasteiger partial charge in [-0.2, -0.15) is 0 Å². The van der Waals surface area contributed by atoms with Gasteiger partial charge in [0.05, 0.1) is 48.8 Å². The Morgan fingerprint density at radius 1 is 1.17 bits per heavy atom. The number of likely N-dealkylation sites (tertiary alicyclic amines) is 1. The predicted octanol–water partition coefficient (Wildman–Crippen LogP) is 3.30. The van der Waals surface area contributed by atoms with Gasteiger partial charge < -0.3 is 34.4 Å². The van der Waals surface area contributed by atoms with Crippen LogP contribution in [0.2, 0.25) is 0 Å². The number of hydrogen-bond donors (Lipinski definition) is 2.